The molecule has 0 aromatic heterocycles. The summed E-state index contributed by atoms with van der Waals surface area (Å²) in [4.78, 5) is -0.482. The van der Waals surface area contributed by atoms with Crippen molar-refractivity contribution >= 4 is 25.5 Å². The average Bonchev–Trinajstić information content (AvgIpc) is 2.38. The summed E-state index contributed by atoms with van der Waals surface area (Å²) in [5, 5.41) is 2.78. The first-order valence-electron chi connectivity index (χ1n) is 5.83. The van der Waals surface area contributed by atoms with Crippen molar-refractivity contribution in [1.29, 1.82) is 0 Å². The Morgan fingerprint density at radius 3 is 2.05 bits per heavy atom. The Balaban J connectivity index is 2.69. The summed E-state index contributed by atoms with van der Waals surface area (Å²) in [5.41, 5.74) is 0.442. The van der Waals surface area contributed by atoms with Gasteiger partial charge in [0.2, 0.25) is 19.9 Å². The Morgan fingerprint density at radius 2 is 1.62 bits per heavy atom. The third-order valence-electron chi connectivity index (χ3n) is 2.66. The maximum absolute atomic E-state index is 12.3. The second kappa shape index (κ2) is 6.67. The smallest absolute Gasteiger partial charge is 0.341 e. The van der Waals surface area contributed by atoms with Crippen LogP contribution in [0.2, 0.25) is 0 Å². The van der Waals surface area contributed by atoms with Gasteiger partial charge in [-0.15, -0.1) is 0 Å². The van der Waals surface area contributed by atoms with Gasteiger partial charge >= 0.3 is 5.76 Å². The molecule has 0 radical (unpaired) electrons. The second-order valence-corrected chi connectivity index (χ2v) is 8.58. The highest BCUT2D eigenvalue weighted by Gasteiger charge is 2.26. The molecule has 1 rings (SSSR count). The number of nitrogens with zero attached hydrogens (tertiary/aromatic N) is 1. The Hall–Kier alpha value is -1.26. The molecule has 0 atom stereocenters. The lowest BCUT2D eigenvalue weighted by atomic mass is 10.3. The minimum absolute atomic E-state index is 0.113. The first kappa shape index (κ1) is 17.8. The number of benzene rings is 1. The van der Waals surface area contributed by atoms with Gasteiger partial charge in [0.15, 0.2) is 0 Å². The number of nitrogens with one attached hydrogen (secondary N) is 1. The maximum Gasteiger partial charge on any atom is 0.341 e. The summed E-state index contributed by atoms with van der Waals surface area (Å²) in [7, 11) is -5.12. The molecule has 0 aliphatic rings. The van der Waals surface area contributed by atoms with E-state index < -0.39 is 30.5 Å². The summed E-state index contributed by atoms with van der Waals surface area (Å²) in [6.07, 6.45) is 0. The molecule has 0 heterocycles. The number of rotatable bonds is 7. The van der Waals surface area contributed by atoms with E-state index in [0.717, 1.165) is 16.4 Å². The van der Waals surface area contributed by atoms with Gasteiger partial charge in [-0.25, -0.2) is 21.1 Å². The van der Waals surface area contributed by atoms with Gasteiger partial charge in [0.1, 0.15) is 0 Å². The van der Waals surface area contributed by atoms with Crippen LogP contribution in [0.25, 0.3) is 0 Å². The van der Waals surface area contributed by atoms with Crippen LogP contribution in [0, 0.1) is 0 Å². The summed E-state index contributed by atoms with van der Waals surface area (Å²) in [6, 6.07) is 4.70. The van der Waals surface area contributed by atoms with Crippen molar-refractivity contribution in [3.05, 3.63) is 24.3 Å². The molecule has 0 spiro atoms. The van der Waals surface area contributed by atoms with Gasteiger partial charge < -0.3 is 5.32 Å². The molecule has 1 N–H and O–H groups in total. The zero-order chi connectivity index (χ0) is 16.3. The van der Waals surface area contributed by atoms with E-state index in [4.69, 9.17) is 0 Å². The highest BCUT2D eigenvalue weighted by atomic mass is 32.2. The van der Waals surface area contributed by atoms with Gasteiger partial charge in [-0.1, -0.05) is 0 Å². The fraction of sp³-hybridized carbons (Fsp3) is 0.455. The number of sulfone groups is 1. The Labute approximate surface area is 122 Å². The van der Waals surface area contributed by atoms with Crippen LogP contribution >= 0.6 is 0 Å². The van der Waals surface area contributed by atoms with E-state index in [-0.39, 0.29) is 12.3 Å². The van der Waals surface area contributed by atoms with Crippen molar-refractivity contribution in [2.45, 2.75) is 10.7 Å². The van der Waals surface area contributed by atoms with Gasteiger partial charge in [-0.05, 0) is 24.3 Å². The molecule has 0 amide bonds. The van der Waals surface area contributed by atoms with Crippen molar-refractivity contribution in [2.75, 3.05) is 31.7 Å². The van der Waals surface area contributed by atoms with Crippen molar-refractivity contribution in [3.63, 3.8) is 0 Å². The van der Waals surface area contributed by atoms with Crippen molar-refractivity contribution < 1.29 is 25.6 Å². The molecule has 0 fully saturated rings. The fourth-order valence-electron chi connectivity index (χ4n) is 1.37. The van der Waals surface area contributed by atoms with E-state index in [2.05, 4.69) is 5.32 Å². The van der Waals surface area contributed by atoms with E-state index in [9.17, 15) is 25.6 Å². The standard InChI is InChI=1S/C11H16F2N2O4S2/c1-15(2)20(16,17)8-7-14-9-3-5-10(6-4-9)21(18,19)11(12)13/h3-6,11,14H,7-8H2,1-2H3. The monoisotopic (exact) mass is 342 g/mol. The fourth-order valence-corrected chi connectivity index (χ4v) is 2.82. The predicted molar refractivity (Wildman–Crippen MR) is 75.6 cm³/mol. The quantitative estimate of drug-likeness (QED) is 0.799. The number of halogens is 2. The minimum atomic E-state index is -4.61. The number of hydrogen-bond donors (Lipinski definition) is 1. The first-order chi connectivity index (χ1) is 9.57. The van der Waals surface area contributed by atoms with E-state index in [0.29, 0.717) is 5.69 Å². The number of hydrogen-bond acceptors (Lipinski definition) is 5. The molecular formula is C11H16F2N2O4S2. The molecule has 21 heavy (non-hydrogen) atoms. The van der Waals surface area contributed by atoms with Gasteiger partial charge in [0.25, 0.3) is 0 Å². The Kier molecular flexibility index (Phi) is 5.65. The molecule has 0 saturated carbocycles. The summed E-state index contributed by atoms with van der Waals surface area (Å²) >= 11 is 0. The van der Waals surface area contributed by atoms with E-state index in [1.54, 1.807) is 0 Å². The second-order valence-electron chi connectivity index (χ2n) is 4.36. The van der Waals surface area contributed by atoms with Crippen molar-refractivity contribution in [1.82, 2.24) is 4.31 Å². The highest BCUT2D eigenvalue weighted by molar-refractivity contribution is 7.91. The molecule has 0 aliphatic heterocycles. The molecule has 1 aromatic rings. The number of sulfonamides is 1. The van der Waals surface area contributed by atoms with Crippen molar-refractivity contribution in [3.8, 4) is 0 Å². The molecule has 6 nitrogen and oxygen atoms in total. The summed E-state index contributed by atoms with van der Waals surface area (Å²) < 4.78 is 71.2. The molecule has 0 aliphatic carbocycles. The molecule has 0 saturated heterocycles. The third-order valence-corrected chi connectivity index (χ3v) is 5.89. The zero-order valence-corrected chi connectivity index (χ0v) is 13.1. The lowest BCUT2D eigenvalue weighted by molar-refractivity contribution is 0.234. The lowest BCUT2D eigenvalue weighted by Crippen LogP contribution is -2.28. The van der Waals surface area contributed by atoms with Crippen LogP contribution in [0.3, 0.4) is 0 Å². The molecule has 1 aromatic carbocycles. The number of alkyl halides is 2. The zero-order valence-electron chi connectivity index (χ0n) is 11.5. The van der Waals surface area contributed by atoms with Crippen molar-refractivity contribution in [2.24, 2.45) is 0 Å². The predicted octanol–water partition coefficient (Wildman–Crippen LogP) is 0.986. The molecular weight excluding hydrogens is 326 g/mol. The summed E-state index contributed by atoms with van der Waals surface area (Å²) in [6.45, 7) is 0.113. The van der Waals surface area contributed by atoms with Gasteiger partial charge in [-0.3, -0.25) is 0 Å². The summed E-state index contributed by atoms with van der Waals surface area (Å²) in [5.74, 6) is -3.61. The normalized spacial score (nSPS) is 12.9. The van der Waals surface area contributed by atoms with Crippen LogP contribution in [-0.2, 0) is 19.9 Å². The van der Waals surface area contributed by atoms with Gasteiger partial charge in [0, 0.05) is 26.3 Å². The number of anilines is 1. The average molecular weight is 342 g/mol. The van der Waals surface area contributed by atoms with Crippen LogP contribution in [0.15, 0.2) is 29.2 Å². The largest absolute Gasteiger partial charge is 0.384 e. The third kappa shape index (κ3) is 4.61. The molecule has 0 bridgehead atoms. The minimum Gasteiger partial charge on any atom is -0.384 e. The van der Waals surface area contributed by atoms with Gasteiger partial charge in [-0.2, -0.15) is 8.78 Å². The first-order valence-corrected chi connectivity index (χ1v) is 8.99. The maximum atomic E-state index is 12.3. The highest BCUT2D eigenvalue weighted by Crippen LogP contribution is 2.20. The topological polar surface area (TPSA) is 83.6 Å². The molecule has 0 unspecified atom stereocenters. The molecule has 120 valence electrons. The lowest BCUT2D eigenvalue weighted by Gasteiger charge is -2.12. The Bertz CT molecular complexity index is 671. The van der Waals surface area contributed by atoms with E-state index >= 15 is 0 Å². The molecule has 10 heteroatoms. The SMILES string of the molecule is CN(C)S(=O)(=O)CCNc1ccc(S(=O)(=O)C(F)F)cc1. The van der Waals surface area contributed by atoms with Crippen LogP contribution < -0.4 is 5.32 Å². The van der Waals surface area contributed by atoms with E-state index in [1.165, 1.54) is 26.2 Å². The van der Waals surface area contributed by atoms with Crippen LogP contribution in [-0.4, -0.2) is 53.3 Å². The Morgan fingerprint density at radius 1 is 1.10 bits per heavy atom. The van der Waals surface area contributed by atoms with Crippen LogP contribution in [0.4, 0.5) is 14.5 Å². The van der Waals surface area contributed by atoms with Crippen LogP contribution in [0.5, 0.6) is 0 Å². The van der Waals surface area contributed by atoms with Gasteiger partial charge in [0.05, 0.1) is 10.6 Å². The van der Waals surface area contributed by atoms with Crippen LogP contribution in [0.1, 0.15) is 0 Å². The van der Waals surface area contributed by atoms with E-state index in [1.807, 2.05) is 0 Å².